The van der Waals surface area contributed by atoms with E-state index >= 15 is 4.39 Å². The highest BCUT2D eigenvalue weighted by molar-refractivity contribution is 5.90. The van der Waals surface area contributed by atoms with E-state index in [1.165, 1.54) is 22.8 Å². The Bertz CT molecular complexity index is 1740. The summed E-state index contributed by atoms with van der Waals surface area (Å²) in [6.07, 6.45) is 2.88. The molecular weight excluding hydrogens is 538 g/mol. The van der Waals surface area contributed by atoms with Crippen LogP contribution in [0.2, 0.25) is 0 Å². The first-order valence-electron chi connectivity index (χ1n) is 14.0. The number of carbonyl (C=O) groups is 1. The molecule has 0 unspecified atom stereocenters. The molecule has 0 bridgehead atoms. The standard InChI is InChI=1S/C32H34F2N6O2/c1-7-27(41)39-20(5)16-38(17-21(39)6)30-23-15-25(34)26(14-22-10-8-9-11-24(22)33)36-31(23)40(32(42)37-30)29-19(4)12-13-35-28(29)18(2)3/h7-13,15,18,20-21H,1,14,16-17H2,2-6H3/t20-,21+. The molecule has 4 aromatic rings. The van der Waals surface area contributed by atoms with Crippen molar-refractivity contribution in [2.24, 2.45) is 0 Å². The Morgan fingerprint density at radius 2 is 1.79 bits per heavy atom. The second-order valence-corrected chi connectivity index (χ2v) is 11.2. The molecule has 1 saturated heterocycles. The number of hydrogen-bond donors (Lipinski definition) is 0. The molecule has 0 N–H and O–H groups in total. The number of nitrogens with zero attached hydrogens (tertiary/aromatic N) is 6. The molecule has 10 heteroatoms. The highest BCUT2D eigenvalue weighted by Gasteiger charge is 2.34. The van der Waals surface area contributed by atoms with Crippen LogP contribution in [-0.2, 0) is 11.2 Å². The van der Waals surface area contributed by atoms with Crippen LogP contribution in [-0.4, -0.2) is 55.5 Å². The van der Waals surface area contributed by atoms with E-state index in [1.807, 2.05) is 39.5 Å². The molecular formula is C32H34F2N6O2. The molecule has 2 atom stereocenters. The second kappa shape index (κ2) is 11.4. The summed E-state index contributed by atoms with van der Waals surface area (Å²) < 4.78 is 31.7. The van der Waals surface area contributed by atoms with Crippen molar-refractivity contribution in [1.29, 1.82) is 0 Å². The lowest BCUT2D eigenvalue weighted by atomic mass is 10.0. The van der Waals surface area contributed by atoms with Crippen LogP contribution in [0, 0.1) is 18.6 Å². The van der Waals surface area contributed by atoms with E-state index in [-0.39, 0.29) is 53.1 Å². The minimum absolute atomic E-state index is 0.00803. The molecule has 1 aliphatic rings. The number of hydrogen-bond acceptors (Lipinski definition) is 6. The predicted octanol–water partition coefficient (Wildman–Crippen LogP) is 5.09. The highest BCUT2D eigenvalue weighted by Crippen LogP contribution is 2.32. The normalized spacial score (nSPS) is 17.2. The minimum atomic E-state index is -0.632. The lowest BCUT2D eigenvalue weighted by Crippen LogP contribution is -2.58. The number of piperazine rings is 1. The Morgan fingerprint density at radius 1 is 1.10 bits per heavy atom. The average molecular weight is 573 g/mol. The molecule has 3 aromatic heterocycles. The van der Waals surface area contributed by atoms with Crippen molar-refractivity contribution in [3.05, 3.63) is 99.9 Å². The maximum atomic E-state index is 15.8. The number of rotatable bonds is 6. The molecule has 5 rings (SSSR count). The first-order chi connectivity index (χ1) is 20.0. The summed E-state index contributed by atoms with van der Waals surface area (Å²) in [5.74, 6) is -1.02. The number of aromatic nitrogens is 4. The zero-order valence-corrected chi connectivity index (χ0v) is 24.4. The van der Waals surface area contributed by atoms with E-state index in [9.17, 15) is 14.0 Å². The van der Waals surface area contributed by atoms with Gasteiger partial charge in [0.1, 0.15) is 17.5 Å². The lowest BCUT2D eigenvalue weighted by Gasteiger charge is -2.44. The van der Waals surface area contributed by atoms with Crippen molar-refractivity contribution < 1.29 is 13.6 Å². The topological polar surface area (TPSA) is 84.2 Å². The van der Waals surface area contributed by atoms with Gasteiger partial charge in [-0.2, -0.15) is 4.98 Å². The molecule has 218 valence electrons. The van der Waals surface area contributed by atoms with Gasteiger partial charge in [0.25, 0.3) is 0 Å². The van der Waals surface area contributed by atoms with Crippen molar-refractivity contribution in [3.63, 3.8) is 0 Å². The Labute approximate surface area is 243 Å². The van der Waals surface area contributed by atoms with Gasteiger partial charge in [-0.3, -0.25) is 9.78 Å². The van der Waals surface area contributed by atoms with Crippen LogP contribution in [0.3, 0.4) is 0 Å². The van der Waals surface area contributed by atoms with Gasteiger partial charge in [-0.05, 0) is 62.1 Å². The molecule has 1 aromatic carbocycles. The van der Waals surface area contributed by atoms with E-state index < -0.39 is 17.3 Å². The lowest BCUT2D eigenvalue weighted by molar-refractivity contribution is -0.130. The SMILES string of the molecule is C=CC(=O)N1[C@H](C)CN(c2nc(=O)n(-c3c(C)ccnc3C(C)C)c3nc(Cc4ccccc4F)c(F)cc23)C[C@@H]1C. The van der Waals surface area contributed by atoms with Gasteiger partial charge < -0.3 is 9.80 Å². The number of carbonyl (C=O) groups excluding carboxylic acids is 1. The van der Waals surface area contributed by atoms with Gasteiger partial charge in [0, 0.05) is 37.8 Å². The molecule has 0 saturated carbocycles. The first kappa shape index (κ1) is 29.0. The molecule has 42 heavy (non-hydrogen) atoms. The smallest absolute Gasteiger partial charge is 0.352 e. The Kier molecular flexibility index (Phi) is 7.90. The maximum absolute atomic E-state index is 15.8. The van der Waals surface area contributed by atoms with Gasteiger partial charge in [-0.25, -0.2) is 23.1 Å². The van der Waals surface area contributed by atoms with Crippen LogP contribution in [0.1, 0.15) is 56.1 Å². The van der Waals surface area contributed by atoms with Crippen LogP contribution in [0.5, 0.6) is 0 Å². The van der Waals surface area contributed by atoms with E-state index in [0.29, 0.717) is 29.9 Å². The summed E-state index contributed by atoms with van der Waals surface area (Å²) in [5.41, 5.74) is 1.92. The maximum Gasteiger partial charge on any atom is 0.355 e. The van der Waals surface area contributed by atoms with E-state index in [1.54, 1.807) is 35.4 Å². The minimum Gasteiger partial charge on any atom is -0.352 e. The third-order valence-corrected chi connectivity index (χ3v) is 7.76. The summed E-state index contributed by atoms with van der Waals surface area (Å²) in [5, 5.41) is 0.338. The Hall–Kier alpha value is -4.47. The summed E-state index contributed by atoms with van der Waals surface area (Å²) in [6.45, 7) is 14.0. The van der Waals surface area contributed by atoms with Gasteiger partial charge in [0.15, 0.2) is 5.65 Å². The number of anilines is 1. The van der Waals surface area contributed by atoms with E-state index in [4.69, 9.17) is 0 Å². The Balaban J connectivity index is 1.76. The van der Waals surface area contributed by atoms with Crippen molar-refractivity contribution in [2.45, 2.75) is 59.0 Å². The number of benzene rings is 1. The molecule has 1 amide bonds. The fourth-order valence-electron chi connectivity index (χ4n) is 5.85. The first-order valence-corrected chi connectivity index (χ1v) is 14.0. The summed E-state index contributed by atoms with van der Waals surface area (Å²) in [7, 11) is 0. The van der Waals surface area contributed by atoms with E-state index in [0.717, 1.165) is 5.56 Å². The molecule has 1 aliphatic heterocycles. The van der Waals surface area contributed by atoms with Crippen LogP contribution in [0.15, 0.2) is 60.0 Å². The van der Waals surface area contributed by atoms with Gasteiger partial charge in [0.05, 0.1) is 22.5 Å². The number of pyridine rings is 2. The third kappa shape index (κ3) is 5.17. The molecule has 4 heterocycles. The van der Waals surface area contributed by atoms with Crippen LogP contribution in [0.25, 0.3) is 16.7 Å². The fraction of sp³-hybridized carbons (Fsp3) is 0.344. The summed E-state index contributed by atoms with van der Waals surface area (Å²) in [4.78, 5) is 43.8. The quantitative estimate of drug-likeness (QED) is 0.300. The van der Waals surface area contributed by atoms with Gasteiger partial charge in [-0.15, -0.1) is 0 Å². The highest BCUT2D eigenvalue weighted by atomic mass is 19.1. The molecule has 0 aliphatic carbocycles. The number of aryl methyl sites for hydroxylation is 1. The molecule has 1 fully saturated rings. The number of fused-ring (bicyclic) bond motifs is 1. The van der Waals surface area contributed by atoms with Crippen molar-refractivity contribution in [3.8, 4) is 5.69 Å². The summed E-state index contributed by atoms with van der Waals surface area (Å²) in [6, 6.07) is 8.85. The van der Waals surface area contributed by atoms with Gasteiger partial charge in [-0.1, -0.05) is 38.6 Å². The summed E-state index contributed by atoms with van der Waals surface area (Å²) >= 11 is 0. The van der Waals surface area contributed by atoms with Crippen LogP contribution < -0.4 is 10.6 Å². The third-order valence-electron chi connectivity index (χ3n) is 7.76. The van der Waals surface area contributed by atoms with Gasteiger partial charge in [0.2, 0.25) is 5.91 Å². The average Bonchev–Trinajstić information content (AvgIpc) is 2.94. The fourth-order valence-corrected chi connectivity index (χ4v) is 5.85. The molecule has 0 radical (unpaired) electrons. The number of halogens is 2. The van der Waals surface area contributed by atoms with Gasteiger partial charge >= 0.3 is 5.69 Å². The van der Waals surface area contributed by atoms with Crippen molar-refractivity contribution in [1.82, 2.24) is 24.4 Å². The van der Waals surface area contributed by atoms with Crippen molar-refractivity contribution in [2.75, 3.05) is 18.0 Å². The molecule has 8 nitrogen and oxygen atoms in total. The van der Waals surface area contributed by atoms with E-state index in [2.05, 4.69) is 21.5 Å². The zero-order valence-electron chi connectivity index (χ0n) is 24.4. The number of amides is 1. The monoisotopic (exact) mass is 572 g/mol. The largest absolute Gasteiger partial charge is 0.355 e. The van der Waals surface area contributed by atoms with Crippen LogP contribution >= 0.6 is 0 Å². The van der Waals surface area contributed by atoms with Crippen LogP contribution in [0.4, 0.5) is 14.6 Å². The predicted molar refractivity (Wildman–Crippen MR) is 159 cm³/mol. The Morgan fingerprint density at radius 3 is 2.43 bits per heavy atom. The zero-order chi connectivity index (χ0) is 30.3. The molecule has 0 spiro atoms. The second-order valence-electron chi connectivity index (χ2n) is 11.2. The van der Waals surface area contributed by atoms with Crippen molar-refractivity contribution >= 4 is 22.8 Å².